The molecule has 1 aromatic carbocycles. The third kappa shape index (κ3) is 6.03. The van der Waals surface area contributed by atoms with Crippen molar-refractivity contribution in [3.8, 4) is 0 Å². The van der Waals surface area contributed by atoms with Gasteiger partial charge in [0.05, 0.1) is 25.4 Å². The van der Waals surface area contributed by atoms with Crippen LogP contribution in [0.25, 0.3) is 0 Å². The van der Waals surface area contributed by atoms with E-state index in [4.69, 9.17) is 14.8 Å². The molecule has 8 nitrogen and oxygen atoms in total. The number of nitrogens with one attached hydrogen (secondary N) is 1. The third-order valence-corrected chi connectivity index (χ3v) is 7.55. The van der Waals surface area contributed by atoms with E-state index in [-0.39, 0.29) is 25.2 Å². The minimum absolute atomic E-state index is 0.0736. The Morgan fingerprint density at radius 2 is 1.94 bits per heavy atom. The van der Waals surface area contributed by atoms with Gasteiger partial charge in [0.1, 0.15) is 23.8 Å². The van der Waals surface area contributed by atoms with Gasteiger partial charge in [0.2, 0.25) is 0 Å². The number of aliphatic hydroxyl groups excluding tert-OH is 3. The van der Waals surface area contributed by atoms with Gasteiger partial charge in [-0.1, -0.05) is 24.8 Å². The maximum atomic E-state index is 13.7. The Morgan fingerprint density at radius 3 is 2.66 bits per heavy atom. The predicted octanol–water partition coefficient (Wildman–Crippen LogP) is 2.53. The SMILES string of the molecule is CCCSc1nc(N[C@@H]2C[C@H](OCCO)[C@@H](O)[C@H]2O)cc(N(C)[C@@H]2C[C@H]2c2ccc(F)c(F)c2)n1. The molecule has 11 heteroatoms. The maximum absolute atomic E-state index is 13.7. The summed E-state index contributed by atoms with van der Waals surface area (Å²) in [7, 11) is 1.91. The fourth-order valence-electron chi connectivity index (χ4n) is 4.50. The van der Waals surface area contributed by atoms with Crippen LogP contribution in [0.2, 0.25) is 0 Å². The first-order valence-corrected chi connectivity index (χ1v) is 12.9. The van der Waals surface area contributed by atoms with Crippen LogP contribution in [-0.4, -0.2) is 81.7 Å². The molecule has 2 saturated carbocycles. The van der Waals surface area contributed by atoms with E-state index in [1.165, 1.54) is 17.8 Å². The molecule has 4 rings (SSSR count). The van der Waals surface area contributed by atoms with Crippen LogP contribution in [0.1, 0.15) is 37.7 Å². The van der Waals surface area contributed by atoms with E-state index in [1.807, 2.05) is 11.9 Å². The van der Waals surface area contributed by atoms with Gasteiger partial charge < -0.3 is 30.3 Å². The first kappa shape index (κ1) is 26.0. The van der Waals surface area contributed by atoms with Crippen molar-refractivity contribution in [3.63, 3.8) is 0 Å². The van der Waals surface area contributed by atoms with Crippen LogP contribution in [-0.2, 0) is 4.74 Å². The molecule has 2 aliphatic carbocycles. The molecule has 1 heterocycles. The van der Waals surface area contributed by atoms with E-state index in [1.54, 1.807) is 12.1 Å². The fraction of sp³-hybridized carbons (Fsp3) is 0.583. The maximum Gasteiger partial charge on any atom is 0.191 e. The molecule has 0 spiro atoms. The normalized spacial score (nSPS) is 27.7. The quantitative estimate of drug-likeness (QED) is 0.268. The molecule has 2 fully saturated rings. The lowest BCUT2D eigenvalue weighted by Crippen LogP contribution is -2.36. The van der Waals surface area contributed by atoms with Gasteiger partial charge in [-0.2, -0.15) is 0 Å². The second kappa shape index (κ2) is 11.3. The summed E-state index contributed by atoms with van der Waals surface area (Å²) in [4.78, 5) is 11.3. The van der Waals surface area contributed by atoms with E-state index in [0.717, 1.165) is 30.2 Å². The van der Waals surface area contributed by atoms with E-state index >= 15 is 0 Å². The number of hydrogen-bond acceptors (Lipinski definition) is 9. The van der Waals surface area contributed by atoms with Crippen molar-refractivity contribution < 1.29 is 28.8 Å². The smallest absolute Gasteiger partial charge is 0.191 e. The van der Waals surface area contributed by atoms with Gasteiger partial charge in [-0.15, -0.1) is 0 Å². The highest BCUT2D eigenvalue weighted by molar-refractivity contribution is 7.99. The fourth-order valence-corrected chi connectivity index (χ4v) is 5.21. The first-order valence-electron chi connectivity index (χ1n) is 11.9. The number of anilines is 2. The summed E-state index contributed by atoms with van der Waals surface area (Å²) < 4.78 is 32.5. The zero-order chi connectivity index (χ0) is 25.1. The minimum atomic E-state index is -1.07. The Kier molecular flexibility index (Phi) is 8.43. The lowest BCUT2D eigenvalue weighted by atomic mass is 10.1. The first-order chi connectivity index (χ1) is 16.8. The predicted molar refractivity (Wildman–Crippen MR) is 130 cm³/mol. The van der Waals surface area contributed by atoms with Crippen LogP contribution in [0.15, 0.2) is 29.4 Å². The van der Waals surface area contributed by atoms with Gasteiger partial charge in [-0.3, -0.25) is 0 Å². The van der Waals surface area contributed by atoms with Crippen molar-refractivity contribution in [1.29, 1.82) is 0 Å². The number of nitrogens with zero attached hydrogens (tertiary/aromatic N) is 3. The number of halogens is 2. The van der Waals surface area contributed by atoms with E-state index in [2.05, 4.69) is 17.2 Å². The van der Waals surface area contributed by atoms with Gasteiger partial charge in [0, 0.05) is 30.8 Å². The number of benzene rings is 1. The standard InChI is InChI=1S/C24H32F2N4O4S/c1-3-8-35-24-28-20(27-17-11-19(34-7-6-31)23(33)22(17)32)12-21(29-24)30(2)18-10-14(18)13-4-5-15(25)16(26)9-13/h4-5,9,12,14,17-19,22-23,31-33H,3,6-8,10-11H2,1-2H3,(H,27,28,29)/t14-,17+,18+,19-,22-,23+/m0/s1. The molecule has 0 bridgehead atoms. The summed E-state index contributed by atoms with van der Waals surface area (Å²) in [5.41, 5.74) is 0.755. The molecule has 0 unspecified atom stereocenters. The topological polar surface area (TPSA) is 111 Å². The summed E-state index contributed by atoms with van der Waals surface area (Å²) in [5.74, 6) is 0.411. The molecular formula is C24H32F2N4O4S. The summed E-state index contributed by atoms with van der Waals surface area (Å²) in [6, 6.07) is 5.42. The number of aliphatic hydroxyl groups is 3. The Labute approximate surface area is 207 Å². The molecule has 2 aliphatic rings. The average molecular weight is 511 g/mol. The molecule has 0 radical (unpaired) electrons. The molecule has 35 heavy (non-hydrogen) atoms. The number of aromatic nitrogens is 2. The molecular weight excluding hydrogens is 478 g/mol. The Hall–Kier alpha value is -2.05. The number of ether oxygens (including phenoxy) is 1. The van der Waals surface area contributed by atoms with Crippen molar-refractivity contribution in [3.05, 3.63) is 41.5 Å². The van der Waals surface area contributed by atoms with E-state index in [9.17, 15) is 19.0 Å². The van der Waals surface area contributed by atoms with Crippen molar-refractivity contribution in [1.82, 2.24) is 9.97 Å². The molecule has 0 aliphatic heterocycles. The van der Waals surface area contributed by atoms with Gasteiger partial charge in [0.25, 0.3) is 0 Å². The molecule has 0 saturated heterocycles. The van der Waals surface area contributed by atoms with Gasteiger partial charge in [0.15, 0.2) is 16.8 Å². The van der Waals surface area contributed by atoms with Crippen LogP contribution in [0, 0.1) is 11.6 Å². The van der Waals surface area contributed by atoms with Crippen molar-refractivity contribution in [2.45, 2.75) is 67.7 Å². The van der Waals surface area contributed by atoms with Gasteiger partial charge in [-0.25, -0.2) is 18.7 Å². The number of thioether (sulfide) groups is 1. The van der Waals surface area contributed by atoms with Gasteiger partial charge in [-0.05, 0) is 37.0 Å². The minimum Gasteiger partial charge on any atom is -0.394 e. The summed E-state index contributed by atoms with van der Waals surface area (Å²) in [6.07, 6.45) is -0.604. The van der Waals surface area contributed by atoms with Crippen LogP contribution in [0.5, 0.6) is 0 Å². The number of rotatable bonds is 11. The number of hydrogen-bond donors (Lipinski definition) is 4. The zero-order valence-corrected chi connectivity index (χ0v) is 20.6. The highest BCUT2D eigenvalue weighted by Crippen LogP contribution is 2.46. The van der Waals surface area contributed by atoms with Gasteiger partial charge >= 0.3 is 0 Å². The second-order valence-corrected chi connectivity index (χ2v) is 10.1. The highest BCUT2D eigenvalue weighted by Gasteiger charge is 2.44. The summed E-state index contributed by atoms with van der Waals surface area (Å²) >= 11 is 1.53. The van der Waals surface area contributed by atoms with E-state index in [0.29, 0.717) is 23.2 Å². The van der Waals surface area contributed by atoms with Crippen LogP contribution in [0.3, 0.4) is 0 Å². The number of likely N-dealkylation sites (N-methyl/N-ethyl adjacent to an activating group) is 1. The van der Waals surface area contributed by atoms with Crippen LogP contribution < -0.4 is 10.2 Å². The molecule has 4 N–H and O–H groups in total. The monoisotopic (exact) mass is 510 g/mol. The van der Waals surface area contributed by atoms with E-state index < -0.39 is 36.0 Å². The van der Waals surface area contributed by atoms with Crippen LogP contribution in [0.4, 0.5) is 20.4 Å². The van der Waals surface area contributed by atoms with Crippen molar-refractivity contribution in [2.24, 2.45) is 0 Å². The molecule has 1 aromatic heterocycles. The summed E-state index contributed by atoms with van der Waals surface area (Å²) in [6.45, 7) is 1.99. The average Bonchev–Trinajstić information content (AvgIpc) is 3.61. The largest absolute Gasteiger partial charge is 0.394 e. The molecule has 192 valence electrons. The van der Waals surface area contributed by atoms with Crippen molar-refractivity contribution in [2.75, 3.05) is 36.2 Å². The highest BCUT2D eigenvalue weighted by atomic mass is 32.2. The Bertz CT molecular complexity index is 1020. The molecule has 2 aromatic rings. The lowest BCUT2D eigenvalue weighted by Gasteiger charge is -2.22. The van der Waals surface area contributed by atoms with Crippen LogP contribution >= 0.6 is 11.8 Å². The summed E-state index contributed by atoms with van der Waals surface area (Å²) in [5, 5.41) is 33.6. The molecule has 6 atom stereocenters. The third-order valence-electron chi connectivity index (χ3n) is 6.50. The Morgan fingerprint density at radius 1 is 1.14 bits per heavy atom. The second-order valence-electron chi connectivity index (χ2n) is 9.04. The Balaban J connectivity index is 1.50. The zero-order valence-electron chi connectivity index (χ0n) is 19.8. The van der Waals surface area contributed by atoms with Crippen molar-refractivity contribution >= 4 is 23.4 Å². The molecule has 0 amide bonds. The lowest BCUT2D eigenvalue weighted by molar-refractivity contribution is -0.0612.